The zero-order chi connectivity index (χ0) is 13.8. The Bertz CT molecular complexity index is 431. The summed E-state index contributed by atoms with van der Waals surface area (Å²) in [5.74, 6) is 0.286. The maximum absolute atomic E-state index is 12.1. The molecule has 1 aromatic heterocycles. The van der Waals surface area contributed by atoms with Crippen LogP contribution in [0.15, 0.2) is 12.3 Å². The number of carbonyl (C=O) groups excluding carboxylic acids is 1. The summed E-state index contributed by atoms with van der Waals surface area (Å²) in [6, 6.07) is 1.90. The molecule has 2 N–H and O–H groups in total. The van der Waals surface area contributed by atoms with E-state index < -0.39 is 0 Å². The minimum atomic E-state index is -0.254. The number of nitrogen functional groups attached to an aromatic ring is 1. The van der Waals surface area contributed by atoms with Gasteiger partial charge in [-0.1, -0.05) is 19.3 Å². The van der Waals surface area contributed by atoms with Gasteiger partial charge in [-0.15, -0.1) is 0 Å². The maximum atomic E-state index is 12.1. The number of esters is 1. The standard InChI is InChI=1S/C15H24N2O2/c1-11(2)17-9-13(16)8-14(17)15(18)19-10-12-6-4-3-5-7-12/h8-9,11-12H,3-7,10,16H2,1-2H3. The quantitative estimate of drug-likeness (QED) is 0.848. The van der Waals surface area contributed by atoms with E-state index in [-0.39, 0.29) is 12.0 Å². The molecule has 2 rings (SSSR count). The Morgan fingerprint density at radius 3 is 2.74 bits per heavy atom. The van der Waals surface area contributed by atoms with Gasteiger partial charge in [0.15, 0.2) is 0 Å². The highest BCUT2D eigenvalue weighted by atomic mass is 16.5. The second kappa shape index (κ2) is 6.13. The molecular weight excluding hydrogens is 240 g/mol. The Morgan fingerprint density at radius 2 is 2.11 bits per heavy atom. The molecule has 1 fully saturated rings. The number of hydrogen-bond acceptors (Lipinski definition) is 3. The van der Waals surface area contributed by atoms with Gasteiger partial charge in [0.05, 0.1) is 12.3 Å². The van der Waals surface area contributed by atoms with Crippen LogP contribution in [0.5, 0.6) is 0 Å². The van der Waals surface area contributed by atoms with Crippen LogP contribution < -0.4 is 5.73 Å². The molecule has 0 atom stereocenters. The molecule has 0 spiro atoms. The fourth-order valence-electron chi connectivity index (χ4n) is 2.71. The number of nitrogens with two attached hydrogens (primary N) is 1. The number of ether oxygens (including phenoxy) is 1. The van der Waals surface area contributed by atoms with Crippen molar-refractivity contribution in [3.05, 3.63) is 18.0 Å². The van der Waals surface area contributed by atoms with Gasteiger partial charge < -0.3 is 15.0 Å². The molecule has 4 heteroatoms. The number of aromatic nitrogens is 1. The van der Waals surface area contributed by atoms with Crippen molar-refractivity contribution in [2.75, 3.05) is 12.3 Å². The van der Waals surface area contributed by atoms with Gasteiger partial charge >= 0.3 is 5.97 Å². The van der Waals surface area contributed by atoms with Crippen molar-refractivity contribution in [2.24, 2.45) is 5.92 Å². The van der Waals surface area contributed by atoms with Crippen molar-refractivity contribution in [1.29, 1.82) is 0 Å². The first-order valence-corrected chi connectivity index (χ1v) is 7.22. The largest absolute Gasteiger partial charge is 0.461 e. The van der Waals surface area contributed by atoms with Crippen LogP contribution in [0.25, 0.3) is 0 Å². The minimum Gasteiger partial charge on any atom is -0.461 e. The first-order chi connectivity index (χ1) is 9.08. The van der Waals surface area contributed by atoms with Crippen molar-refractivity contribution >= 4 is 11.7 Å². The van der Waals surface area contributed by atoms with Gasteiger partial charge in [0.1, 0.15) is 5.69 Å². The average molecular weight is 264 g/mol. The second-order valence-electron chi connectivity index (χ2n) is 5.76. The lowest BCUT2D eigenvalue weighted by atomic mass is 9.90. The molecule has 0 amide bonds. The smallest absolute Gasteiger partial charge is 0.355 e. The van der Waals surface area contributed by atoms with Gasteiger partial charge in [0.2, 0.25) is 0 Å². The molecule has 106 valence electrons. The van der Waals surface area contributed by atoms with Crippen LogP contribution in [-0.2, 0) is 4.74 Å². The van der Waals surface area contributed by atoms with Crippen LogP contribution in [-0.4, -0.2) is 17.1 Å². The summed E-state index contributed by atoms with van der Waals surface area (Å²) in [6.07, 6.45) is 8.00. The van der Waals surface area contributed by atoms with Gasteiger partial charge in [-0.2, -0.15) is 0 Å². The van der Waals surface area contributed by atoms with E-state index in [0.29, 0.717) is 23.9 Å². The van der Waals surface area contributed by atoms with Crippen molar-refractivity contribution in [3.8, 4) is 0 Å². The zero-order valence-electron chi connectivity index (χ0n) is 11.9. The molecule has 0 radical (unpaired) electrons. The first kappa shape index (κ1) is 14.0. The summed E-state index contributed by atoms with van der Waals surface area (Å²) in [7, 11) is 0. The highest BCUT2D eigenvalue weighted by Crippen LogP contribution is 2.24. The normalized spacial score (nSPS) is 16.8. The molecule has 0 aliphatic heterocycles. The van der Waals surface area contributed by atoms with E-state index in [1.54, 1.807) is 12.3 Å². The summed E-state index contributed by atoms with van der Waals surface area (Å²) < 4.78 is 7.33. The van der Waals surface area contributed by atoms with E-state index >= 15 is 0 Å². The van der Waals surface area contributed by atoms with Gasteiger partial charge in [0, 0.05) is 12.2 Å². The predicted molar refractivity (Wildman–Crippen MR) is 76.1 cm³/mol. The Hall–Kier alpha value is -1.45. The zero-order valence-corrected chi connectivity index (χ0v) is 11.9. The van der Waals surface area contributed by atoms with Gasteiger partial charge in [0.25, 0.3) is 0 Å². The molecule has 4 nitrogen and oxygen atoms in total. The van der Waals surface area contributed by atoms with Crippen molar-refractivity contribution < 1.29 is 9.53 Å². The van der Waals surface area contributed by atoms with Gasteiger partial charge in [-0.3, -0.25) is 0 Å². The Kier molecular flexibility index (Phi) is 4.51. The Morgan fingerprint density at radius 1 is 1.42 bits per heavy atom. The third kappa shape index (κ3) is 3.52. The first-order valence-electron chi connectivity index (χ1n) is 7.22. The van der Waals surface area contributed by atoms with E-state index in [9.17, 15) is 4.79 Å². The third-order valence-electron chi connectivity index (χ3n) is 3.81. The fourth-order valence-corrected chi connectivity index (χ4v) is 2.71. The van der Waals surface area contributed by atoms with Crippen LogP contribution in [0.1, 0.15) is 62.5 Å². The lowest BCUT2D eigenvalue weighted by molar-refractivity contribution is 0.0396. The number of nitrogens with zero attached hydrogens (tertiary/aromatic N) is 1. The molecule has 1 aliphatic carbocycles. The van der Waals surface area contributed by atoms with Crippen molar-refractivity contribution in [3.63, 3.8) is 0 Å². The van der Waals surface area contributed by atoms with E-state index in [1.807, 2.05) is 18.4 Å². The predicted octanol–water partition coefficient (Wildman–Crippen LogP) is 3.39. The molecule has 0 bridgehead atoms. The lowest BCUT2D eigenvalue weighted by Gasteiger charge is -2.21. The second-order valence-corrected chi connectivity index (χ2v) is 5.76. The van der Waals surface area contributed by atoms with E-state index in [2.05, 4.69) is 0 Å². The van der Waals surface area contributed by atoms with Crippen molar-refractivity contribution in [2.45, 2.75) is 52.0 Å². The summed E-state index contributed by atoms with van der Waals surface area (Å²) in [6.45, 7) is 4.59. The highest BCUT2D eigenvalue weighted by molar-refractivity contribution is 5.89. The Labute approximate surface area is 114 Å². The van der Waals surface area contributed by atoms with Crippen molar-refractivity contribution in [1.82, 2.24) is 4.57 Å². The molecule has 0 unspecified atom stereocenters. The van der Waals surface area contributed by atoms with E-state index in [0.717, 1.165) is 0 Å². The van der Waals surface area contributed by atoms with Crippen LogP contribution in [0.4, 0.5) is 5.69 Å². The molecule has 19 heavy (non-hydrogen) atoms. The lowest BCUT2D eigenvalue weighted by Crippen LogP contribution is -2.19. The number of anilines is 1. The number of hydrogen-bond donors (Lipinski definition) is 1. The summed E-state index contributed by atoms with van der Waals surface area (Å²) in [5.41, 5.74) is 6.93. The van der Waals surface area contributed by atoms with Gasteiger partial charge in [-0.05, 0) is 38.7 Å². The molecule has 1 aliphatic rings. The maximum Gasteiger partial charge on any atom is 0.355 e. The summed E-state index contributed by atoms with van der Waals surface area (Å²) >= 11 is 0. The molecule has 0 saturated heterocycles. The average Bonchev–Trinajstić information content (AvgIpc) is 2.79. The third-order valence-corrected chi connectivity index (χ3v) is 3.81. The number of carbonyl (C=O) groups is 1. The fraction of sp³-hybridized carbons (Fsp3) is 0.667. The van der Waals surface area contributed by atoms with E-state index in [1.165, 1.54) is 32.1 Å². The van der Waals surface area contributed by atoms with Crippen LogP contribution in [0.3, 0.4) is 0 Å². The van der Waals surface area contributed by atoms with Crippen LogP contribution in [0, 0.1) is 5.92 Å². The summed E-state index contributed by atoms with van der Waals surface area (Å²) in [4.78, 5) is 12.1. The van der Waals surface area contributed by atoms with Gasteiger partial charge in [-0.25, -0.2) is 4.79 Å². The SMILES string of the molecule is CC(C)n1cc(N)cc1C(=O)OCC1CCCCC1. The number of rotatable bonds is 4. The molecular formula is C15H24N2O2. The van der Waals surface area contributed by atoms with E-state index in [4.69, 9.17) is 10.5 Å². The molecule has 1 saturated carbocycles. The summed E-state index contributed by atoms with van der Waals surface area (Å²) in [5, 5.41) is 0. The van der Waals surface area contributed by atoms with Crippen LogP contribution >= 0.6 is 0 Å². The minimum absolute atomic E-state index is 0.203. The topological polar surface area (TPSA) is 57.2 Å². The molecule has 1 aromatic rings. The Balaban J connectivity index is 1.95. The monoisotopic (exact) mass is 264 g/mol. The van der Waals surface area contributed by atoms with Crippen LogP contribution in [0.2, 0.25) is 0 Å². The molecule has 0 aromatic carbocycles. The molecule has 1 heterocycles. The highest BCUT2D eigenvalue weighted by Gasteiger charge is 2.19.